The monoisotopic (exact) mass is 245 g/mol. The van der Waals surface area contributed by atoms with Gasteiger partial charge in [0, 0.05) is 6.54 Å². The topological polar surface area (TPSA) is 108 Å². The molecule has 7 nitrogen and oxygen atoms in total. The van der Waals surface area contributed by atoms with Gasteiger partial charge in [0.2, 0.25) is 5.91 Å². The summed E-state index contributed by atoms with van der Waals surface area (Å²) in [7, 11) is 0. The zero-order chi connectivity index (χ0) is 13.4. The molecule has 0 saturated heterocycles. The van der Waals surface area contributed by atoms with E-state index >= 15 is 0 Å². The fourth-order valence-electron chi connectivity index (χ4n) is 0.850. The lowest BCUT2D eigenvalue weighted by Crippen LogP contribution is -2.47. The number of carboxylic acids is 1. The Bertz CT molecular complexity index is 291. The number of urea groups is 1. The summed E-state index contributed by atoms with van der Waals surface area (Å²) in [6.07, 6.45) is 0. The van der Waals surface area contributed by atoms with E-state index in [2.05, 4.69) is 16.0 Å². The molecule has 7 heteroatoms. The van der Waals surface area contributed by atoms with Gasteiger partial charge in [0.25, 0.3) is 0 Å². The number of amides is 3. The second kappa shape index (κ2) is 7.48. The van der Waals surface area contributed by atoms with Crippen molar-refractivity contribution >= 4 is 17.9 Å². The molecule has 1 atom stereocenters. The summed E-state index contributed by atoms with van der Waals surface area (Å²) in [6, 6.07) is -1.67. The van der Waals surface area contributed by atoms with Gasteiger partial charge in [-0.3, -0.25) is 9.59 Å². The van der Waals surface area contributed by atoms with Crippen molar-refractivity contribution in [2.45, 2.75) is 26.8 Å². The minimum absolute atomic E-state index is 0.176. The lowest BCUT2D eigenvalue weighted by atomic mass is 10.2. The molecule has 98 valence electrons. The van der Waals surface area contributed by atoms with Gasteiger partial charge in [0.1, 0.15) is 6.04 Å². The molecular weight excluding hydrogens is 226 g/mol. The Kier molecular flexibility index (Phi) is 6.69. The number of rotatable bonds is 6. The number of hydrogen-bond donors (Lipinski definition) is 4. The Morgan fingerprint density at radius 2 is 1.71 bits per heavy atom. The minimum Gasteiger partial charge on any atom is -0.480 e. The van der Waals surface area contributed by atoms with E-state index in [1.165, 1.54) is 6.92 Å². The molecule has 0 bridgehead atoms. The van der Waals surface area contributed by atoms with Gasteiger partial charge in [0.05, 0.1) is 6.54 Å². The molecule has 0 aromatic carbocycles. The van der Waals surface area contributed by atoms with Gasteiger partial charge in [-0.2, -0.15) is 0 Å². The third-order valence-corrected chi connectivity index (χ3v) is 1.84. The highest BCUT2D eigenvalue weighted by Crippen LogP contribution is 1.86. The van der Waals surface area contributed by atoms with Crippen LogP contribution in [0.4, 0.5) is 4.79 Å². The molecule has 0 unspecified atom stereocenters. The third kappa shape index (κ3) is 8.06. The number of aliphatic carboxylic acids is 1. The maximum absolute atomic E-state index is 11.2. The van der Waals surface area contributed by atoms with Crippen molar-refractivity contribution < 1.29 is 19.5 Å². The highest BCUT2D eigenvalue weighted by Gasteiger charge is 2.13. The highest BCUT2D eigenvalue weighted by molar-refractivity contribution is 5.86. The molecule has 0 spiro atoms. The van der Waals surface area contributed by atoms with Crippen LogP contribution in [-0.2, 0) is 9.59 Å². The number of hydrogen-bond acceptors (Lipinski definition) is 3. The largest absolute Gasteiger partial charge is 0.480 e. The molecular formula is C10H19N3O4. The van der Waals surface area contributed by atoms with E-state index in [0.29, 0.717) is 12.5 Å². The second-order valence-corrected chi connectivity index (χ2v) is 4.08. The molecule has 0 heterocycles. The van der Waals surface area contributed by atoms with Crippen LogP contribution in [0.15, 0.2) is 0 Å². The fraction of sp³-hybridized carbons (Fsp3) is 0.700. The SMILES string of the molecule is CC(C)CNC(=O)CNC(=O)N[C@@H](C)C(=O)O. The summed E-state index contributed by atoms with van der Waals surface area (Å²) in [5, 5.41) is 15.6. The zero-order valence-corrected chi connectivity index (χ0v) is 10.2. The van der Waals surface area contributed by atoms with Crippen LogP contribution < -0.4 is 16.0 Å². The van der Waals surface area contributed by atoms with Crippen molar-refractivity contribution in [3.8, 4) is 0 Å². The number of nitrogens with one attached hydrogen (secondary N) is 3. The van der Waals surface area contributed by atoms with Crippen molar-refractivity contribution in [2.75, 3.05) is 13.1 Å². The van der Waals surface area contributed by atoms with Crippen molar-refractivity contribution in [1.29, 1.82) is 0 Å². The molecule has 0 rings (SSSR count). The molecule has 0 aliphatic heterocycles. The lowest BCUT2D eigenvalue weighted by Gasteiger charge is -2.11. The normalized spacial score (nSPS) is 11.8. The maximum Gasteiger partial charge on any atom is 0.325 e. The Hall–Kier alpha value is -1.79. The van der Waals surface area contributed by atoms with E-state index in [1.54, 1.807) is 0 Å². The standard InChI is InChI=1S/C10H19N3O4/c1-6(2)4-11-8(14)5-12-10(17)13-7(3)9(15)16/h6-7H,4-5H2,1-3H3,(H,11,14)(H,15,16)(H2,12,13,17)/t7-/m0/s1. The van der Waals surface area contributed by atoms with Crippen LogP contribution >= 0.6 is 0 Å². The molecule has 4 N–H and O–H groups in total. The summed E-state index contributed by atoms with van der Waals surface area (Å²) in [5.41, 5.74) is 0. The molecule has 0 aliphatic carbocycles. The van der Waals surface area contributed by atoms with Gasteiger partial charge in [-0.05, 0) is 12.8 Å². The lowest BCUT2D eigenvalue weighted by molar-refractivity contribution is -0.138. The van der Waals surface area contributed by atoms with Crippen LogP contribution in [0.5, 0.6) is 0 Å². The van der Waals surface area contributed by atoms with Crippen molar-refractivity contribution in [3.63, 3.8) is 0 Å². The van der Waals surface area contributed by atoms with Crippen LogP contribution in [0.25, 0.3) is 0 Å². The highest BCUT2D eigenvalue weighted by atomic mass is 16.4. The van der Waals surface area contributed by atoms with E-state index in [1.807, 2.05) is 13.8 Å². The summed E-state index contributed by atoms with van der Waals surface area (Å²) < 4.78 is 0. The van der Waals surface area contributed by atoms with E-state index in [-0.39, 0.29) is 12.5 Å². The van der Waals surface area contributed by atoms with Crippen LogP contribution in [0.2, 0.25) is 0 Å². The Morgan fingerprint density at radius 3 is 2.18 bits per heavy atom. The summed E-state index contributed by atoms with van der Waals surface area (Å²) >= 11 is 0. The van der Waals surface area contributed by atoms with Gasteiger partial charge in [0.15, 0.2) is 0 Å². The molecule has 0 fully saturated rings. The quantitative estimate of drug-likeness (QED) is 0.507. The first-order valence-corrected chi connectivity index (χ1v) is 5.36. The van der Waals surface area contributed by atoms with E-state index in [4.69, 9.17) is 5.11 Å². The van der Waals surface area contributed by atoms with Gasteiger partial charge >= 0.3 is 12.0 Å². The second-order valence-electron chi connectivity index (χ2n) is 4.08. The molecule has 0 aromatic heterocycles. The number of carbonyl (C=O) groups is 3. The summed E-state index contributed by atoms with van der Waals surface area (Å²) in [4.78, 5) is 32.8. The van der Waals surface area contributed by atoms with E-state index in [0.717, 1.165) is 0 Å². The van der Waals surface area contributed by atoms with Gasteiger partial charge in [-0.25, -0.2) is 4.79 Å². The molecule has 17 heavy (non-hydrogen) atoms. The molecule has 0 aliphatic rings. The number of carbonyl (C=O) groups excluding carboxylic acids is 2. The van der Waals surface area contributed by atoms with Crippen LogP contribution in [-0.4, -0.2) is 42.1 Å². The summed E-state index contributed by atoms with van der Waals surface area (Å²) in [5.74, 6) is -1.11. The zero-order valence-electron chi connectivity index (χ0n) is 10.2. The predicted octanol–water partition coefficient (Wildman–Crippen LogP) is -0.469. The molecule has 0 saturated carbocycles. The van der Waals surface area contributed by atoms with Crippen molar-refractivity contribution in [1.82, 2.24) is 16.0 Å². The van der Waals surface area contributed by atoms with Crippen LogP contribution in [0.3, 0.4) is 0 Å². The number of carboxylic acid groups (broad SMARTS) is 1. The third-order valence-electron chi connectivity index (χ3n) is 1.84. The summed E-state index contributed by atoms with van der Waals surface area (Å²) in [6.45, 7) is 5.60. The average Bonchev–Trinajstić information content (AvgIpc) is 2.23. The molecule has 3 amide bonds. The molecule has 0 aromatic rings. The van der Waals surface area contributed by atoms with E-state index < -0.39 is 18.0 Å². The van der Waals surface area contributed by atoms with Crippen molar-refractivity contribution in [3.05, 3.63) is 0 Å². The van der Waals surface area contributed by atoms with Crippen LogP contribution in [0, 0.1) is 5.92 Å². The smallest absolute Gasteiger partial charge is 0.325 e. The maximum atomic E-state index is 11.2. The fourth-order valence-corrected chi connectivity index (χ4v) is 0.850. The average molecular weight is 245 g/mol. The van der Waals surface area contributed by atoms with Gasteiger partial charge < -0.3 is 21.1 Å². The molecule has 0 radical (unpaired) electrons. The van der Waals surface area contributed by atoms with Gasteiger partial charge in [-0.1, -0.05) is 13.8 Å². The Balaban J connectivity index is 3.77. The van der Waals surface area contributed by atoms with Crippen molar-refractivity contribution in [2.24, 2.45) is 5.92 Å². The first kappa shape index (κ1) is 15.2. The Morgan fingerprint density at radius 1 is 1.12 bits per heavy atom. The van der Waals surface area contributed by atoms with Gasteiger partial charge in [-0.15, -0.1) is 0 Å². The van der Waals surface area contributed by atoms with Crippen LogP contribution in [0.1, 0.15) is 20.8 Å². The first-order valence-electron chi connectivity index (χ1n) is 5.36. The minimum atomic E-state index is -1.13. The Labute approximate surface area is 100.0 Å². The van der Waals surface area contributed by atoms with E-state index in [9.17, 15) is 14.4 Å². The first-order chi connectivity index (χ1) is 7.82. The predicted molar refractivity (Wildman–Crippen MR) is 61.5 cm³/mol.